The van der Waals surface area contributed by atoms with Crippen LogP contribution in [0, 0.1) is 0 Å². The molecule has 5 nitrogen and oxygen atoms in total. The van der Waals surface area contributed by atoms with Crippen LogP contribution in [0.25, 0.3) is 0 Å². The van der Waals surface area contributed by atoms with Crippen molar-refractivity contribution >= 4 is 6.09 Å². The second-order valence-corrected chi connectivity index (χ2v) is 5.10. The molecule has 1 fully saturated rings. The van der Waals surface area contributed by atoms with Crippen LogP contribution in [0.1, 0.15) is 27.2 Å². The Morgan fingerprint density at radius 1 is 1.44 bits per heavy atom. The van der Waals surface area contributed by atoms with Gasteiger partial charge < -0.3 is 14.5 Å². The van der Waals surface area contributed by atoms with Crippen LogP contribution in [0.3, 0.4) is 0 Å². The summed E-state index contributed by atoms with van der Waals surface area (Å²) in [6.45, 7) is 7.02. The first-order valence-electron chi connectivity index (χ1n) is 5.58. The number of amides is 1. The Morgan fingerprint density at radius 3 is 2.56 bits per heavy atom. The molecule has 0 radical (unpaired) electrons. The van der Waals surface area contributed by atoms with Crippen molar-refractivity contribution in [3.63, 3.8) is 0 Å². The highest BCUT2D eigenvalue weighted by molar-refractivity contribution is 5.68. The number of likely N-dealkylation sites (tertiary alicyclic amines) is 1. The number of rotatable bonds is 2. The number of carbonyl (C=O) groups excluding carboxylic acids is 1. The lowest BCUT2D eigenvalue weighted by Gasteiger charge is -2.25. The first kappa shape index (κ1) is 13.3. The van der Waals surface area contributed by atoms with Gasteiger partial charge in [-0.25, -0.2) is 4.79 Å². The SMILES string of the molecule is CON(C)C1CCN(C(=O)OC(C)(C)C)C1. The third-order valence-corrected chi connectivity index (χ3v) is 2.62. The molecule has 1 amide bonds. The van der Waals surface area contributed by atoms with E-state index in [4.69, 9.17) is 9.57 Å². The molecule has 94 valence electrons. The van der Waals surface area contributed by atoms with Gasteiger partial charge in [0.1, 0.15) is 5.60 Å². The highest BCUT2D eigenvalue weighted by Crippen LogP contribution is 2.17. The molecule has 0 spiro atoms. The van der Waals surface area contributed by atoms with Crippen molar-refractivity contribution in [1.82, 2.24) is 9.96 Å². The topological polar surface area (TPSA) is 42.0 Å². The lowest BCUT2D eigenvalue weighted by Crippen LogP contribution is -2.38. The van der Waals surface area contributed by atoms with Crippen molar-refractivity contribution in [2.24, 2.45) is 0 Å². The standard InChI is InChI=1S/C11H22N2O3/c1-11(2,3)16-10(14)13-7-6-9(8-13)12(4)15-5/h9H,6-8H2,1-5H3. The van der Waals surface area contributed by atoms with E-state index in [9.17, 15) is 4.79 Å². The van der Waals surface area contributed by atoms with E-state index < -0.39 is 5.60 Å². The fraction of sp³-hybridized carbons (Fsp3) is 0.909. The van der Waals surface area contributed by atoms with E-state index in [-0.39, 0.29) is 12.1 Å². The number of nitrogens with zero attached hydrogens (tertiary/aromatic N) is 2. The lowest BCUT2D eigenvalue weighted by atomic mass is 10.2. The highest BCUT2D eigenvalue weighted by Gasteiger charge is 2.31. The minimum absolute atomic E-state index is 0.237. The normalized spacial score (nSPS) is 21.6. The maximum atomic E-state index is 11.8. The smallest absolute Gasteiger partial charge is 0.410 e. The minimum atomic E-state index is -0.428. The van der Waals surface area contributed by atoms with Gasteiger partial charge in [0, 0.05) is 20.1 Å². The molecule has 1 atom stereocenters. The van der Waals surface area contributed by atoms with Gasteiger partial charge in [0.15, 0.2) is 0 Å². The summed E-state index contributed by atoms with van der Waals surface area (Å²) < 4.78 is 5.31. The molecule has 0 aromatic rings. The summed E-state index contributed by atoms with van der Waals surface area (Å²) in [4.78, 5) is 18.6. The van der Waals surface area contributed by atoms with E-state index in [0.717, 1.165) is 13.0 Å². The molecule has 5 heteroatoms. The molecule has 0 aromatic carbocycles. The second-order valence-electron chi connectivity index (χ2n) is 5.10. The molecule has 1 aliphatic heterocycles. The number of hydrogen-bond donors (Lipinski definition) is 0. The summed E-state index contributed by atoms with van der Waals surface area (Å²) in [7, 11) is 3.51. The van der Waals surface area contributed by atoms with E-state index in [1.807, 2.05) is 27.8 Å². The Hall–Kier alpha value is -0.810. The Bertz CT molecular complexity index is 250. The number of likely N-dealkylation sites (N-methyl/N-ethyl adjacent to an activating group) is 1. The number of hydrogen-bond acceptors (Lipinski definition) is 4. The largest absolute Gasteiger partial charge is 0.444 e. The molecule has 0 N–H and O–H groups in total. The maximum Gasteiger partial charge on any atom is 0.410 e. The molecule has 0 bridgehead atoms. The van der Waals surface area contributed by atoms with Crippen molar-refractivity contribution in [1.29, 1.82) is 0 Å². The fourth-order valence-corrected chi connectivity index (χ4v) is 1.68. The maximum absolute atomic E-state index is 11.8. The van der Waals surface area contributed by atoms with Gasteiger partial charge in [0.05, 0.1) is 13.2 Å². The molecular formula is C11H22N2O3. The Morgan fingerprint density at radius 2 is 2.06 bits per heavy atom. The summed E-state index contributed by atoms with van der Waals surface area (Å²) in [5, 5.41) is 1.78. The van der Waals surface area contributed by atoms with E-state index in [1.165, 1.54) is 0 Å². The van der Waals surface area contributed by atoms with Crippen molar-refractivity contribution < 1.29 is 14.4 Å². The van der Waals surface area contributed by atoms with Crippen LogP contribution < -0.4 is 0 Å². The molecule has 16 heavy (non-hydrogen) atoms. The van der Waals surface area contributed by atoms with Gasteiger partial charge in [0.25, 0.3) is 0 Å². The summed E-state index contributed by atoms with van der Waals surface area (Å²) in [6.07, 6.45) is 0.684. The fourth-order valence-electron chi connectivity index (χ4n) is 1.68. The van der Waals surface area contributed by atoms with Gasteiger partial charge in [-0.3, -0.25) is 0 Å². The van der Waals surface area contributed by atoms with Crippen LogP contribution in [0.5, 0.6) is 0 Å². The number of hydroxylamine groups is 2. The second kappa shape index (κ2) is 5.01. The van der Waals surface area contributed by atoms with Gasteiger partial charge in [-0.2, -0.15) is 5.06 Å². The quantitative estimate of drug-likeness (QED) is 0.674. The molecular weight excluding hydrogens is 208 g/mol. The van der Waals surface area contributed by atoms with E-state index >= 15 is 0 Å². The molecule has 0 aromatic heterocycles. The van der Waals surface area contributed by atoms with E-state index in [1.54, 1.807) is 17.1 Å². The zero-order chi connectivity index (χ0) is 12.3. The van der Waals surface area contributed by atoms with Crippen LogP contribution in [-0.4, -0.2) is 54.9 Å². The summed E-state index contributed by atoms with van der Waals surface area (Å²) in [5.74, 6) is 0. The zero-order valence-corrected chi connectivity index (χ0v) is 10.8. The van der Waals surface area contributed by atoms with Crippen LogP contribution in [-0.2, 0) is 9.57 Å². The highest BCUT2D eigenvalue weighted by atomic mass is 16.7. The molecule has 1 rings (SSSR count). The lowest BCUT2D eigenvalue weighted by molar-refractivity contribution is -0.137. The molecule has 1 saturated heterocycles. The van der Waals surface area contributed by atoms with Crippen molar-refractivity contribution in [3.8, 4) is 0 Å². The average Bonchev–Trinajstić information content (AvgIpc) is 2.62. The van der Waals surface area contributed by atoms with Gasteiger partial charge in [-0.1, -0.05) is 0 Å². The van der Waals surface area contributed by atoms with Crippen LogP contribution >= 0.6 is 0 Å². The van der Waals surface area contributed by atoms with Crippen molar-refractivity contribution in [3.05, 3.63) is 0 Å². The first-order chi connectivity index (χ1) is 7.33. The van der Waals surface area contributed by atoms with E-state index in [2.05, 4.69) is 0 Å². The molecule has 1 heterocycles. The van der Waals surface area contributed by atoms with Crippen molar-refractivity contribution in [2.75, 3.05) is 27.2 Å². The molecule has 0 aliphatic carbocycles. The van der Waals surface area contributed by atoms with Gasteiger partial charge in [-0.15, -0.1) is 0 Å². The van der Waals surface area contributed by atoms with Gasteiger partial charge in [-0.05, 0) is 27.2 Å². The van der Waals surface area contributed by atoms with Gasteiger partial charge in [0.2, 0.25) is 0 Å². The summed E-state index contributed by atoms with van der Waals surface area (Å²) in [6, 6.07) is 0.262. The summed E-state index contributed by atoms with van der Waals surface area (Å²) in [5.41, 5.74) is -0.428. The third kappa shape index (κ3) is 3.64. The number of ether oxygens (including phenoxy) is 1. The Balaban J connectivity index is 2.44. The Kier molecular flexibility index (Phi) is 4.15. The molecule has 0 saturated carbocycles. The van der Waals surface area contributed by atoms with E-state index in [0.29, 0.717) is 6.54 Å². The first-order valence-corrected chi connectivity index (χ1v) is 5.58. The van der Waals surface area contributed by atoms with Gasteiger partial charge >= 0.3 is 6.09 Å². The van der Waals surface area contributed by atoms with Crippen molar-refractivity contribution in [2.45, 2.75) is 38.8 Å². The monoisotopic (exact) mass is 230 g/mol. The average molecular weight is 230 g/mol. The Labute approximate surface area is 97.2 Å². The molecule has 1 unspecified atom stereocenters. The third-order valence-electron chi connectivity index (χ3n) is 2.62. The van der Waals surface area contributed by atoms with Crippen LogP contribution in [0.2, 0.25) is 0 Å². The molecule has 1 aliphatic rings. The summed E-state index contributed by atoms with van der Waals surface area (Å²) >= 11 is 0. The predicted molar refractivity (Wildman–Crippen MR) is 61.0 cm³/mol. The van der Waals surface area contributed by atoms with Crippen LogP contribution in [0.4, 0.5) is 4.79 Å². The predicted octanol–water partition coefficient (Wildman–Crippen LogP) is 1.49. The minimum Gasteiger partial charge on any atom is -0.444 e. The van der Waals surface area contributed by atoms with Crippen LogP contribution in [0.15, 0.2) is 0 Å². The zero-order valence-electron chi connectivity index (χ0n) is 10.8. The number of carbonyl (C=O) groups is 1.